The minimum Gasteiger partial charge on any atom is -0.371 e. The number of carbonyl (C=O) groups is 1. The second-order valence-corrected chi connectivity index (χ2v) is 7.00. The van der Waals surface area contributed by atoms with Crippen molar-refractivity contribution < 1.29 is 9.53 Å². The summed E-state index contributed by atoms with van der Waals surface area (Å²) in [5.41, 5.74) is 0.862. The number of nitrogens with zero attached hydrogens (tertiary/aromatic N) is 5. The van der Waals surface area contributed by atoms with Crippen molar-refractivity contribution in [3.8, 4) is 5.95 Å². The molecule has 2 aromatic rings. The Balaban J connectivity index is 1.27. The molecule has 138 valence electrons. The number of nitrogens with one attached hydrogen (secondary N) is 1. The van der Waals surface area contributed by atoms with E-state index in [1.165, 1.54) is 19.3 Å². The van der Waals surface area contributed by atoms with E-state index in [9.17, 15) is 4.79 Å². The Morgan fingerprint density at radius 3 is 2.77 bits per heavy atom. The number of hydrogen-bond acceptors (Lipinski definition) is 5. The Morgan fingerprint density at radius 2 is 2.00 bits per heavy atom. The van der Waals surface area contributed by atoms with Crippen molar-refractivity contribution in [3.63, 3.8) is 0 Å². The molecule has 0 spiro atoms. The van der Waals surface area contributed by atoms with Gasteiger partial charge < -0.3 is 9.64 Å². The molecule has 8 nitrogen and oxygen atoms in total. The maximum Gasteiger partial charge on any atom is 0.323 e. The van der Waals surface area contributed by atoms with E-state index in [0.717, 1.165) is 18.5 Å². The normalized spacial score (nSPS) is 18.6. The molecular weight excluding hydrogens is 332 g/mol. The van der Waals surface area contributed by atoms with Crippen LogP contribution >= 0.6 is 0 Å². The van der Waals surface area contributed by atoms with Crippen LogP contribution in [0.25, 0.3) is 5.95 Å². The lowest BCUT2D eigenvalue weighted by Gasteiger charge is -2.41. The largest absolute Gasteiger partial charge is 0.371 e. The molecule has 2 aliphatic rings. The fraction of sp³-hybridized carbons (Fsp3) is 0.556. The van der Waals surface area contributed by atoms with E-state index >= 15 is 0 Å². The van der Waals surface area contributed by atoms with E-state index in [4.69, 9.17) is 4.74 Å². The van der Waals surface area contributed by atoms with Gasteiger partial charge >= 0.3 is 6.03 Å². The molecule has 4 rings (SSSR count). The van der Waals surface area contributed by atoms with Gasteiger partial charge in [-0.25, -0.2) is 19.4 Å². The number of likely N-dealkylation sites (tertiary alicyclic amines) is 1. The van der Waals surface area contributed by atoms with E-state index in [-0.39, 0.29) is 12.1 Å². The lowest BCUT2D eigenvalue weighted by molar-refractivity contribution is -0.0860. The third-order valence-corrected chi connectivity index (χ3v) is 4.88. The average Bonchev–Trinajstić information content (AvgIpc) is 3.07. The predicted octanol–water partition coefficient (Wildman–Crippen LogP) is 2.54. The standard InChI is InChI=1S/C18H24N6O2/c1-13-7-9-19-17(20-13)24-10-8-16(22-24)21-18(25)23-11-15(12-23)26-14-5-3-2-4-6-14/h7-10,14-15H,2-6,11-12H2,1H3,(H,21,22,25). The minimum absolute atomic E-state index is 0.149. The van der Waals surface area contributed by atoms with Crippen molar-refractivity contribution in [2.45, 2.75) is 51.2 Å². The van der Waals surface area contributed by atoms with Gasteiger partial charge in [-0.05, 0) is 25.8 Å². The second kappa shape index (κ2) is 7.41. The van der Waals surface area contributed by atoms with Crippen LogP contribution in [0.1, 0.15) is 37.8 Å². The van der Waals surface area contributed by atoms with Gasteiger partial charge in [-0.15, -0.1) is 5.10 Å². The SMILES string of the molecule is Cc1ccnc(-n2ccc(NC(=O)N3CC(OC4CCCCC4)C3)n2)n1. The molecule has 1 saturated heterocycles. The first-order chi connectivity index (χ1) is 12.7. The Bertz CT molecular complexity index is 765. The first-order valence-corrected chi connectivity index (χ1v) is 9.24. The highest BCUT2D eigenvalue weighted by Gasteiger charge is 2.33. The van der Waals surface area contributed by atoms with Gasteiger partial charge in [0, 0.05) is 24.2 Å². The molecular formula is C18H24N6O2. The average molecular weight is 356 g/mol. The molecule has 1 N–H and O–H groups in total. The molecule has 0 radical (unpaired) electrons. The number of amides is 2. The molecule has 1 saturated carbocycles. The van der Waals surface area contributed by atoms with Crippen LogP contribution in [0.5, 0.6) is 0 Å². The zero-order valence-electron chi connectivity index (χ0n) is 15.0. The highest BCUT2D eigenvalue weighted by atomic mass is 16.5. The second-order valence-electron chi connectivity index (χ2n) is 7.00. The summed E-state index contributed by atoms with van der Waals surface area (Å²) >= 11 is 0. The van der Waals surface area contributed by atoms with E-state index in [1.807, 2.05) is 13.0 Å². The number of urea groups is 1. The maximum absolute atomic E-state index is 12.3. The summed E-state index contributed by atoms with van der Waals surface area (Å²) < 4.78 is 7.62. The third kappa shape index (κ3) is 3.85. The van der Waals surface area contributed by atoms with E-state index in [2.05, 4.69) is 20.4 Å². The Labute approximate surface area is 152 Å². The fourth-order valence-corrected chi connectivity index (χ4v) is 3.40. The smallest absolute Gasteiger partial charge is 0.323 e. The van der Waals surface area contributed by atoms with E-state index in [1.54, 1.807) is 28.0 Å². The Hall–Kier alpha value is -2.48. The summed E-state index contributed by atoms with van der Waals surface area (Å²) in [6, 6.07) is 3.41. The highest BCUT2D eigenvalue weighted by molar-refractivity contribution is 5.88. The summed E-state index contributed by atoms with van der Waals surface area (Å²) in [5, 5.41) is 7.13. The number of rotatable bonds is 4. The van der Waals surface area contributed by atoms with Gasteiger partial charge in [0.15, 0.2) is 5.82 Å². The Kier molecular flexibility index (Phi) is 4.83. The van der Waals surface area contributed by atoms with E-state index in [0.29, 0.717) is 31.0 Å². The molecule has 0 aromatic carbocycles. The fourth-order valence-electron chi connectivity index (χ4n) is 3.40. The molecule has 0 unspecified atom stereocenters. The molecule has 2 fully saturated rings. The van der Waals surface area contributed by atoms with Crippen molar-refractivity contribution in [1.29, 1.82) is 0 Å². The summed E-state index contributed by atoms with van der Waals surface area (Å²) in [7, 11) is 0. The van der Waals surface area contributed by atoms with Crippen molar-refractivity contribution in [3.05, 3.63) is 30.2 Å². The summed E-state index contributed by atoms with van der Waals surface area (Å²) in [6.45, 7) is 3.18. The lowest BCUT2D eigenvalue weighted by atomic mass is 9.97. The van der Waals surface area contributed by atoms with Gasteiger partial charge in [-0.2, -0.15) is 0 Å². The topological polar surface area (TPSA) is 85.2 Å². The van der Waals surface area contributed by atoms with Gasteiger partial charge in [0.1, 0.15) is 0 Å². The minimum atomic E-state index is -0.149. The third-order valence-electron chi connectivity index (χ3n) is 4.88. The summed E-state index contributed by atoms with van der Waals surface area (Å²) in [4.78, 5) is 22.6. The van der Waals surface area contributed by atoms with Crippen LogP contribution in [0.4, 0.5) is 10.6 Å². The van der Waals surface area contributed by atoms with Crippen LogP contribution in [0.15, 0.2) is 24.5 Å². The van der Waals surface area contributed by atoms with Crippen LogP contribution in [-0.4, -0.2) is 56.0 Å². The number of aromatic nitrogens is 4. The molecule has 26 heavy (non-hydrogen) atoms. The van der Waals surface area contributed by atoms with Crippen molar-refractivity contribution in [2.24, 2.45) is 0 Å². The number of ether oxygens (including phenoxy) is 1. The molecule has 1 aliphatic carbocycles. The van der Waals surface area contributed by atoms with Crippen molar-refractivity contribution >= 4 is 11.8 Å². The Morgan fingerprint density at radius 1 is 1.19 bits per heavy atom. The van der Waals surface area contributed by atoms with Crippen LogP contribution in [0.2, 0.25) is 0 Å². The van der Waals surface area contributed by atoms with E-state index < -0.39 is 0 Å². The predicted molar refractivity (Wildman–Crippen MR) is 96.2 cm³/mol. The lowest BCUT2D eigenvalue weighted by Crippen LogP contribution is -2.57. The number of hydrogen-bond donors (Lipinski definition) is 1. The van der Waals surface area contributed by atoms with Gasteiger partial charge in [-0.1, -0.05) is 19.3 Å². The molecule has 8 heteroatoms. The maximum atomic E-state index is 12.3. The monoisotopic (exact) mass is 356 g/mol. The van der Waals surface area contributed by atoms with Gasteiger partial charge in [0.05, 0.1) is 25.3 Å². The van der Waals surface area contributed by atoms with Crippen LogP contribution in [0.3, 0.4) is 0 Å². The number of carbonyl (C=O) groups excluding carboxylic acids is 1. The van der Waals surface area contributed by atoms with Crippen molar-refractivity contribution in [1.82, 2.24) is 24.6 Å². The number of anilines is 1. The van der Waals surface area contributed by atoms with Gasteiger partial charge in [0.2, 0.25) is 0 Å². The van der Waals surface area contributed by atoms with Crippen LogP contribution < -0.4 is 5.32 Å². The highest BCUT2D eigenvalue weighted by Crippen LogP contribution is 2.24. The van der Waals surface area contributed by atoms with Gasteiger partial charge in [0.25, 0.3) is 5.95 Å². The molecule has 0 bridgehead atoms. The molecule has 2 aromatic heterocycles. The molecule has 1 aliphatic heterocycles. The van der Waals surface area contributed by atoms with Crippen molar-refractivity contribution in [2.75, 3.05) is 18.4 Å². The quantitative estimate of drug-likeness (QED) is 0.910. The molecule has 2 amide bonds. The zero-order valence-corrected chi connectivity index (χ0v) is 15.0. The summed E-state index contributed by atoms with van der Waals surface area (Å²) in [6.07, 6.45) is 10.1. The molecule has 0 atom stereocenters. The van der Waals surface area contributed by atoms with Crippen LogP contribution in [-0.2, 0) is 4.74 Å². The number of aryl methyl sites for hydroxylation is 1. The zero-order chi connectivity index (χ0) is 17.9. The first-order valence-electron chi connectivity index (χ1n) is 9.24. The molecule has 3 heterocycles. The van der Waals surface area contributed by atoms with Gasteiger partial charge in [-0.3, -0.25) is 5.32 Å². The first kappa shape index (κ1) is 17.0. The van der Waals surface area contributed by atoms with Crippen LogP contribution in [0, 0.1) is 6.92 Å². The summed E-state index contributed by atoms with van der Waals surface area (Å²) in [5.74, 6) is 0.965.